The maximum absolute atomic E-state index is 11.6. The molecule has 0 radical (unpaired) electrons. The Balaban J connectivity index is 2.69. The van der Waals surface area contributed by atoms with E-state index in [-0.39, 0.29) is 5.56 Å². The zero-order valence-electron chi connectivity index (χ0n) is 10.1. The summed E-state index contributed by atoms with van der Waals surface area (Å²) in [7, 11) is 1.12. The lowest BCUT2D eigenvalue weighted by atomic mass is 10.2. The van der Waals surface area contributed by atoms with Crippen LogP contribution in [0.3, 0.4) is 0 Å². The summed E-state index contributed by atoms with van der Waals surface area (Å²) in [5.41, 5.74) is 0.167. The van der Waals surface area contributed by atoms with E-state index in [1.807, 2.05) is 0 Å². The normalized spacial score (nSPS) is 11.5. The Kier molecular flexibility index (Phi) is 5.01. The Bertz CT molecular complexity index is 472. The highest BCUT2D eigenvalue weighted by Gasteiger charge is 2.28. The van der Waals surface area contributed by atoms with Crippen LogP contribution in [0, 0.1) is 0 Å². The topological polar surface area (TPSA) is 104 Å². The molecule has 19 heavy (non-hydrogen) atoms. The van der Waals surface area contributed by atoms with Crippen molar-refractivity contribution in [1.82, 2.24) is 4.90 Å². The first-order valence-corrected chi connectivity index (χ1v) is 5.35. The number of rotatable bonds is 4. The molecule has 1 rings (SSSR count). The van der Waals surface area contributed by atoms with Gasteiger partial charge in [0.05, 0.1) is 12.2 Å². The molecule has 0 bridgehead atoms. The molecule has 7 nitrogen and oxygen atoms in total. The zero-order chi connectivity index (χ0) is 14.4. The molecule has 0 aromatic heterocycles. The van der Waals surface area contributed by atoms with Gasteiger partial charge >= 0.3 is 18.0 Å². The Labute approximate surface area is 109 Å². The molecule has 0 saturated carbocycles. The molecule has 0 saturated heterocycles. The number of carboxylic acid groups (broad SMARTS) is 1. The third-order valence-electron chi connectivity index (χ3n) is 2.40. The molecule has 1 aromatic carbocycles. The predicted octanol–water partition coefficient (Wildman–Crippen LogP) is 0.341. The average Bonchev–Trinajstić information content (AvgIpc) is 2.39. The van der Waals surface area contributed by atoms with E-state index < -0.39 is 30.7 Å². The van der Waals surface area contributed by atoms with Gasteiger partial charge in [-0.05, 0) is 12.1 Å². The van der Waals surface area contributed by atoms with Gasteiger partial charge in [0.2, 0.25) is 0 Å². The highest BCUT2D eigenvalue weighted by atomic mass is 16.6. The second-order valence-electron chi connectivity index (χ2n) is 3.67. The van der Waals surface area contributed by atoms with Crippen molar-refractivity contribution in [2.24, 2.45) is 0 Å². The van der Waals surface area contributed by atoms with E-state index in [0.717, 1.165) is 7.05 Å². The molecule has 0 unspecified atom stereocenters. The molecular formula is C12H13NO6. The molecule has 0 fully saturated rings. The van der Waals surface area contributed by atoms with Gasteiger partial charge < -0.3 is 14.9 Å². The average molecular weight is 267 g/mol. The summed E-state index contributed by atoms with van der Waals surface area (Å²) in [6.45, 7) is -0.777. The number of nitrogens with zero attached hydrogens (tertiary/aromatic N) is 1. The summed E-state index contributed by atoms with van der Waals surface area (Å²) in [6, 6.07) is 6.33. The van der Waals surface area contributed by atoms with Crippen molar-refractivity contribution in [3.8, 4) is 0 Å². The van der Waals surface area contributed by atoms with Crippen molar-refractivity contribution in [3.63, 3.8) is 0 Å². The van der Waals surface area contributed by atoms with Crippen molar-refractivity contribution in [2.45, 2.75) is 6.04 Å². The van der Waals surface area contributed by atoms with Crippen LogP contribution < -0.4 is 0 Å². The van der Waals surface area contributed by atoms with Crippen LogP contribution in [0.1, 0.15) is 10.4 Å². The molecule has 1 aromatic rings. The number of aliphatic carboxylic acids is 1. The molecule has 7 heteroatoms. The van der Waals surface area contributed by atoms with Gasteiger partial charge in [-0.2, -0.15) is 0 Å². The lowest BCUT2D eigenvalue weighted by molar-refractivity contribution is -0.143. The van der Waals surface area contributed by atoms with E-state index >= 15 is 0 Å². The molecular weight excluding hydrogens is 254 g/mol. The fourth-order valence-electron chi connectivity index (χ4n) is 1.28. The Morgan fingerprint density at radius 1 is 1.26 bits per heavy atom. The van der Waals surface area contributed by atoms with E-state index in [2.05, 4.69) is 4.74 Å². The maximum atomic E-state index is 11.6. The minimum atomic E-state index is -1.46. The number of benzene rings is 1. The number of amides is 1. The fraction of sp³-hybridized carbons (Fsp3) is 0.250. The predicted molar refractivity (Wildman–Crippen MR) is 63.5 cm³/mol. The van der Waals surface area contributed by atoms with E-state index in [9.17, 15) is 14.4 Å². The highest BCUT2D eigenvalue weighted by Crippen LogP contribution is 2.05. The first kappa shape index (κ1) is 14.7. The number of ether oxygens (including phenoxy) is 1. The highest BCUT2D eigenvalue weighted by molar-refractivity contribution is 5.97. The summed E-state index contributed by atoms with van der Waals surface area (Å²) in [5.74, 6) is -2.28. The molecule has 102 valence electrons. The van der Waals surface area contributed by atoms with Gasteiger partial charge in [-0.3, -0.25) is 4.90 Å². The number of carbonyl (C=O) groups is 3. The first-order chi connectivity index (χ1) is 8.97. The van der Waals surface area contributed by atoms with Crippen LogP contribution in [-0.2, 0) is 9.53 Å². The standard InChI is InChI=1S/C12H13NO6/c1-13(9(7-14)10(15)16)12(18)19-11(17)8-5-3-2-4-6-8/h2-6,9,14H,7H2,1H3,(H,15,16)/t9-/m0/s1. The third-order valence-corrected chi connectivity index (χ3v) is 2.40. The van der Waals surface area contributed by atoms with Crippen molar-refractivity contribution in [1.29, 1.82) is 0 Å². The van der Waals surface area contributed by atoms with Gasteiger partial charge in [0.1, 0.15) is 0 Å². The Morgan fingerprint density at radius 3 is 2.32 bits per heavy atom. The monoisotopic (exact) mass is 267 g/mol. The second-order valence-corrected chi connectivity index (χ2v) is 3.67. The van der Waals surface area contributed by atoms with E-state index in [0.29, 0.717) is 4.90 Å². The Morgan fingerprint density at radius 2 is 1.84 bits per heavy atom. The summed E-state index contributed by atoms with van der Waals surface area (Å²) >= 11 is 0. The van der Waals surface area contributed by atoms with Crippen LogP contribution in [0.25, 0.3) is 0 Å². The zero-order valence-corrected chi connectivity index (χ0v) is 10.1. The Hall–Kier alpha value is -2.41. The van der Waals surface area contributed by atoms with Crippen LogP contribution >= 0.6 is 0 Å². The number of hydrogen-bond donors (Lipinski definition) is 2. The fourth-order valence-corrected chi connectivity index (χ4v) is 1.28. The molecule has 0 heterocycles. The number of likely N-dealkylation sites (N-methyl/N-ethyl adjacent to an activating group) is 1. The molecule has 1 amide bonds. The van der Waals surface area contributed by atoms with Crippen molar-refractivity contribution >= 4 is 18.0 Å². The number of carbonyl (C=O) groups excluding carboxylic acids is 2. The van der Waals surface area contributed by atoms with E-state index in [4.69, 9.17) is 10.2 Å². The molecule has 2 N–H and O–H groups in total. The van der Waals surface area contributed by atoms with Gasteiger partial charge in [-0.1, -0.05) is 18.2 Å². The molecule has 0 spiro atoms. The van der Waals surface area contributed by atoms with Crippen molar-refractivity contribution in [3.05, 3.63) is 35.9 Å². The van der Waals surface area contributed by atoms with Gasteiger partial charge in [0.15, 0.2) is 6.04 Å². The molecule has 0 aliphatic rings. The number of aliphatic hydroxyl groups excluding tert-OH is 1. The lowest BCUT2D eigenvalue weighted by Crippen LogP contribution is -2.45. The molecule has 0 aliphatic heterocycles. The molecule has 1 atom stereocenters. The maximum Gasteiger partial charge on any atom is 0.418 e. The number of carboxylic acids is 1. The van der Waals surface area contributed by atoms with Gasteiger partial charge in [-0.15, -0.1) is 0 Å². The van der Waals surface area contributed by atoms with Gasteiger partial charge in [0.25, 0.3) is 0 Å². The van der Waals surface area contributed by atoms with Crippen LogP contribution in [0.15, 0.2) is 30.3 Å². The van der Waals surface area contributed by atoms with Gasteiger partial charge in [0, 0.05) is 7.05 Å². The first-order valence-electron chi connectivity index (χ1n) is 5.35. The SMILES string of the molecule is CN(C(=O)OC(=O)c1ccccc1)[C@@H](CO)C(=O)O. The third kappa shape index (κ3) is 3.78. The number of aliphatic hydroxyl groups is 1. The largest absolute Gasteiger partial charge is 0.480 e. The minimum Gasteiger partial charge on any atom is -0.480 e. The summed E-state index contributed by atoms with van der Waals surface area (Å²) in [5, 5.41) is 17.6. The van der Waals surface area contributed by atoms with Crippen molar-refractivity contribution in [2.75, 3.05) is 13.7 Å². The van der Waals surface area contributed by atoms with Crippen LogP contribution in [0.4, 0.5) is 4.79 Å². The summed E-state index contributed by atoms with van der Waals surface area (Å²) < 4.78 is 4.50. The van der Waals surface area contributed by atoms with Crippen LogP contribution in [0.5, 0.6) is 0 Å². The van der Waals surface area contributed by atoms with Gasteiger partial charge in [-0.25, -0.2) is 14.4 Å². The van der Waals surface area contributed by atoms with Crippen LogP contribution in [0.2, 0.25) is 0 Å². The smallest absolute Gasteiger partial charge is 0.418 e. The van der Waals surface area contributed by atoms with Crippen LogP contribution in [-0.4, -0.2) is 52.8 Å². The quantitative estimate of drug-likeness (QED) is 0.602. The summed E-state index contributed by atoms with van der Waals surface area (Å²) in [4.78, 5) is 34.5. The number of esters is 1. The summed E-state index contributed by atoms with van der Waals surface area (Å²) in [6.07, 6.45) is -1.14. The van der Waals surface area contributed by atoms with Crippen molar-refractivity contribution < 1.29 is 29.3 Å². The number of hydrogen-bond acceptors (Lipinski definition) is 5. The second kappa shape index (κ2) is 6.50. The molecule has 0 aliphatic carbocycles. The lowest BCUT2D eigenvalue weighted by Gasteiger charge is -2.21. The van der Waals surface area contributed by atoms with E-state index in [1.54, 1.807) is 18.2 Å². The minimum absolute atomic E-state index is 0.167. The van der Waals surface area contributed by atoms with E-state index in [1.165, 1.54) is 12.1 Å².